The van der Waals surface area contributed by atoms with Crippen LogP contribution < -0.4 is 10.6 Å². The lowest BCUT2D eigenvalue weighted by molar-refractivity contribution is 0.0903. The Bertz CT molecular complexity index is 1100. The lowest BCUT2D eigenvalue weighted by Gasteiger charge is -2.24. The maximum absolute atomic E-state index is 5.43. The predicted octanol–water partition coefficient (Wildman–Crippen LogP) is 2.64. The SMILES string of the molecule is Cc1[nH]nc2ncc(Nc3nc4cccc(NC5CCOCC5)n4n3)cc12. The quantitative estimate of drug-likeness (QED) is 0.511. The van der Waals surface area contributed by atoms with Crippen LogP contribution >= 0.6 is 0 Å². The van der Waals surface area contributed by atoms with E-state index in [4.69, 9.17) is 4.74 Å². The molecule has 0 aromatic carbocycles. The van der Waals surface area contributed by atoms with Gasteiger partial charge in [0.25, 0.3) is 0 Å². The molecule has 0 unspecified atom stereocenters. The van der Waals surface area contributed by atoms with Gasteiger partial charge in [-0.3, -0.25) is 5.10 Å². The molecular weight excluding hydrogens is 344 g/mol. The Hall–Kier alpha value is -3.20. The highest BCUT2D eigenvalue weighted by atomic mass is 16.5. The van der Waals surface area contributed by atoms with Gasteiger partial charge in [-0.1, -0.05) is 6.07 Å². The predicted molar refractivity (Wildman–Crippen MR) is 102 cm³/mol. The van der Waals surface area contributed by atoms with Gasteiger partial charge in [0.2, 0.25) is 5.95 Å². The zero-order valence-electron chi connectivity index (χ0n) is 14.9. The van der Waals surface area contributed by atoms with E-state index in [0.717, 1.165) is 54.3 Å². The van der Waals surface area contributed by atoms with Crippen LogP contribution in [0, 0.1) is 6.92 Å². The lowest BCUT2D eigenvalue weighted by Crippen LogP contribution is -2.28. The Labute approximate surface area is 155 Å². The molecule has 4 aromatic heterocycles. The average Bonchev–Trinajstić information content (AvgIpc) is 3.27. The van der Waals surface area contributed by atoms with E-state index in [1.54, 1.807) is 6.20 Å². The number of ether oxygens (including phenoxy) is 1. The molecule has 0 atom stereocenters. The Balaban J connectivity index is 1.43. The van der Waals surface area contributed by atoms with Crippen molar-refractivity contribution in [2.75, 3.05) is 23.8 Å². The van der Waals surface area contributed by atoms with Crippen LogP contribution in [0.25, 0.3) is 16.7 Å². The summed E-state index contributed by atoms with van der Waals surface area (Å²) in [6.45, 7) is 3.56. The number of aromatic amines is 1. The van der Waals surface area contributed by atoms with E-state index < -0.39 is 0 Å². The van der Waals surface area contributed by atoms with Crippen molar-refractivity contribution < 1.29 is 4.74 Å². The lowest BCUT2D eigenvalue weighted by atomic mass is 10.1. The first-order chi connectivity index (χ1) is 13.3. The van der Waals surface area contributed by atoms with Crippen LogP contribution in [-0.4, -0.2) is 49.0 Å². The Kier molecular flexibility index (Phi) is 3.86. The zero-order valence-corrected chi connectivity index (χ0v) is 14.9. The molecule has 1 aliphatic rings. The molecule has 1 fully saturated rings. The number of anilines is 3. The van der Waals surface area contributed by atoms with Crippen molar-refractivity contribution in [2.24, 2.45) is 0 Å². The van der Waals surface area contributed by atoms with Gasteiger partial charge in [0.1, 0.15) is 5.82 Å². The third kappa shape index (κ3) is 3.06. The molecular formula is C18H20N8O. The maximum atomic E-state index is 5.43. The van der Waals surface area contributed by atoms with Crippen molar-refractivity contribution in [3.63, 3.8) is 0 Å². The highest BCUT2D eigenvalue weighted by Crippen LogP contribution is 2.22. The van der Waals surface area contributed by atoms with Crippen molar-refractivity contribution in [3.8, 4) is 0 Å². The van der Waals surface area contributed by atoms with E-state index >= 15 is 0 Å². The van der Waals surface area contributed by atoms with Crippen molar-refractivity contribution in [3.05, 3.63) is 36.2 Å². The van der Waals surface area contributed by atoms with Crippen molar-refractivity contribution in [1.82, 2.24) is 29.8 Å². The second-order valence-electron chi connectivity index (χ2n) is 6.72. The molecule has 5 rings (SSSR count). The van der Waals surface area contributed by atoms with Gasteiger partial charge in [-0.15, -0.1) is 5.10 Å². The number of aromatic nitrogens is 6. The fourth-order valence-corrected chi connectivity index (χ4v) is 3.34. The summed E-state index contributed by atoms with van der Waals surface area (Å²) in [6.07, 6.45) is 3.72. The van der Waals surface area contributed by atoms with Gasteiger partial charge in [0, 0.05) is 30.3 Å². The summed E-state index contributed by atoms with van der Waals surface area (Å²) in [6, 6.07) is 8.32. The van der Waals surface area contributed by atoms with Gasteiger partial charge >= 0.3 is 0 Å². The molecule has 0 aliphatic carbocycles. The number of nitrogens with zero attached hydrogens (tertiary/aromatic N) is 5. The number of hydrogen-bond acceptors (Lipinski definition) is 7. The number of aryl methyl sites for hydroxylation is 1. The van der Waals surface area contributed by atoms with Crippen LogP contribution in [0.2, 0.25) is 0 Å². The number of hydrogen-bond donors (Lipinski definition) is 3. The van der Waals surface area contributed by atoms with Crippen LogP contribution in [0.3, 0.4) is 0 Å². The fourth-order valence-electron chi connectivity index (χ4n) is 3.34. The summed E-state index contributed by atoms with van der Waals surface area (Å²) in [5.74, 6) is 1.46. The number of fused-ring (bicyclic) bond motifs is 2. The molecule has 138 valence electrons. The minimum Gasteiger partial charge on any atom is -0.381 e. The third-order valence-electron chi connectivity index (χ3n) is 4.79. The van der Waals surface area contributed by atoms with E-state index in [1.807, 2.05) is 35.7 Å². The van der Waals surface area contributed by atoms with Gasteiger partial charge in [0.05, 0.1) is 11.9 Å². The van der Waals surface area contributed by atoms with Gasteiger partial charge in [0.15, 0.2) is 11.3 Å². The average molecular weight is 364 g/mol. The second kappa shape index (κ2) is 6.51. The molecule has 5 heterocycles. The van der Waals surface area contributed by atoms with Gasteiger partial charge in [-0.05, 0) is 38.0 Å². The summed E-state index contributed by atoms with van der Waals surface area (Å²) in [7, 11) is 0. The normalized spacial score (nSPS) is 15.4. The number of rotatable bonds is 4. The van der Waals surface area contributed by atoms with Crippen LogP contribution in [0.4, 0.5) is 17.5 Å². The van der Waals surface area contributed by atoms with Crippen LogP contribution in [-0.2, 0) is 4.74 Å². The first kappa shape index (κ1) is 16.0. The van der Waals surface area contributed by atoms with E-state index in [-0.39, 0.29) is 0 Å². The Morgan fingerprint density at radius 1 is 1.26 bits per heavy atom. The summed E-state index contributed by atoms with van der Waals surface area (Å²) in [5.41, 5.74) is 3.28. The van der Waals surface area contributed by atoms with E-state index in [2.05, 4.69) is 35.9 Å². The maximum Gasteiger partial charge on any atom is 0.247 e. The summed E-state index contributed by atoms with van der Waals surface area (Å²) in [5, 5.41) is 19.5. The highest BCUT2D eigenvalue weighted by Gasteiger charge is 2.16. The van der Waals surface area contributed by atoms with Crippen LogP contribution in [0.1, 0.15) is 18.5 Å². The third-order valence-corrected chi connectivity index (χ3v) is 4.79. The zero-order chi connectivity index (χ0) is 18.2. The van der Waals surface area contributed by atoms with Gasteiger partial charge in [-0.25, -0.2) is 4.98 Å². The van der Waals surface area contributed by atoms with Crippen molar-refractivity contribution in [2.45, 2.75) is 25.8 Å². The highest BCUT2D eigenvalue weighted by molar-refractivity contribution is 5.81. The molecule has 0 saturated carbocycles. The van der Waals surface area contributed by atoms with Crippen molar-refractivity contribution in [1.29, 1.82) is 0 Å². The molecule has 1 aliphatic heterocycles. The summed E-state index contributed by atoms with van der Waals surface area (Å²) < 4.78 is 7.26. The van der Waals surface area contributed by atoms with Crippen LogP contribution in [0.15, 0.2) is 30.5 Å². The minimum atomic E-state index is 0.389. The van der Waals surface area contributed by atoms with Crippen LogP contribution in [0.5, 0.6) is 0 Å². The first-order valence-corrected chi connectivity index (χ1v) is 9.04. The number of H-pyrrole nitrogens is 1. The molecule has 9 heteroatoms. The summed E-state index contributed by atoms with van der Waals surface area (Å²) in [4.78, 5) is 8.93. The van der Waals surface area contributed by atoms with Crippen molar-refractivity contribution >= 4 is 34.1 Å². The van der Waals surface area contributed by atoms with Gasteiger partial charge in [-0.2, -0.15) is 14.6 Å². The number of nitrogens with one attached hydrogen (secondary N) is 3. The topological polar surface area (TPSA) is 105 Å². The molecule has 0 bridgehead atoms. The molecule has 1 saturated heterocycles. The van der Waals surface area contributed by atoms with E-state index in [9.17, 15) is 0 Å². The molecule has 3 N–H and O–H groups in total. The molecule has 0 radical (unpaired) electrons. The first-order valence-electron chi connectivity index (χ1n) is 9.04. The standard InChI is InChI=1S/C18H20N8O/c1-11-14-9-13(10-19-17(14)24-23-11)21-18-22-16-4-2-3-15(26(16)25-18)20-12-5-7-27-8-6-12/h2-4,9-10,12,20H,5-8H2,1H3,(H,21,25)(H,19,23,24). The summed E-state index contributed by atoms with van der Waals surface area (Å²) >= 11 is 0. The molecule has 27 heavy (non-hydrogen) atoms. The molecule has 4 aromatic rings. The smallest absolute Gasteiger partial charge is 0.247 e. The second-order valence-corrected chi connectivity index (χ2v) is 6.72. The largest absolute Gasteiger partial charge is 0.381 e. The monoisotopic (exact) mass is 364 g/mol. The molecule has 0 amide bonds. The Morgan fingerprint density at radius 3 is 3.04 bits per heavy atom. The van der Waals surface area contributed by atoms with E-state index in [1.165, 1.54) is 0 Å². The number of pyridine rings is 2. The fraction of sp³-hybridized carbons (Fsp3) is 0.333. The minimum absolute atomic E-state index is 0.389. The molecule has 9 nitrogen and oxygen atoms in total. The van der Waals surface area contributed by atoms with Gasteiger partial charge < -0.3 is 15.4 Å². The molecule has 0 spiro atoms. The van der Waals surface area contributed by atoms with E-state index in [0.29, 0.717) is 17.6 Å². The Morgan fingerprint density at radius 2 is 2.15 bits per heavy atom.